The molecule has 3 rings (SSSR count). The fraction of sp³-hybridized carbons (Fsp3) is 0.625. The molecule has 0 unspecified atom stereocenters. The molecule has 0 atom stereocenters. The molecular formula is C16H24BNO3. The molecule has 0 radical (unpaired) electrons. The third kappa shape index (κ3) is 2.77. The van der Waals surface area contributed by atoms with Gasteiger partial charge in [0.15, 0.2) is 0 Å². The van der Waals surface area contributed by atoms with E-state index in [4.69, 9.17) is 19.8 Å². The number of nitrogen functional groups attached to an aromatic ring is 1. The van der Waals surface area contributed by atoms with E-state index < -0.39 is 7.12 Å². The van der Waals surface area contributed by atoms with Gasteiger partial charge in [-0.25, -0.2) is 0 Å². The van der Waals surface area contributed by atoms with E-state index in [-0.39, 0.29) is 11.2 Å². The number of para-hydroxylation sites is 1. The molecular weight excluding hydrogens is 265 g/mol. The third-order valence-electron chi connectivity index (χ3n) is 4.74. The number of hydrogen-bond donors (Lipinski definition) is 1. The van der Waals surface area contributed by atoms with Gasteiger partial charge in [-0.15, -0.1) is 0 Å². The lowest BCUT2D eigenvalue weighted by Crippen LogP contribution is -2.41. The molecule has 2 fully saturated rings. The van der Waals surface area contributed by atoms with Gasteiger partial charge in [-0.05, 0) is 52.5 Å². The Morgan fingerprint density at radius 3 is 2.38 bits per heavy atom. The lowest BCUT2D eigenvalue weighted by Gasteiger charge is -2.32. The van der Waals surface area contributed by atoms with Crippen LogP contribution in [-0.4, -0.2) is 24.9 Å². The fourth-order valence-corrected chi connectivity index (χ4v) is 2.38. The Balaban J connectivity index is 1.86. The first-order chi connectivity index (χ1) is 9.80. The number of hydrogen-bond acceptors (Lipinski definition) is 4. The Labute approximate surface area is 127 Å². The first-order valence-electron chi connectivity index (χ1n) is 7.67. The smallest absolute Gasteiger partial charge is 0.492 e. The van der Waals surface area contributed by atoms with E-state index in [0.29, 0.717) is 17.4 Å². The zero-order valence-corrected chi connectivity index (χ0v) is 13.3. The molecule has 1 saturated carbocycles. The van der Waals surface area contributed by atoms with Crippen molar-refractivity contribution in [2.75, 3.05) is 12.3 Å². The molecule has 0 bridgehead atoms. The molecule has 0 spiro atoms. The maximum atomic E-state index is 6.11. The number of nitrogens with two attached hydrogens (primary N) is 1. The second-order valence-corrected chi connectivity index (χ2v) is 7.11. The van der Waals surface area contributed by atoms with Gasteiger partial charge in [0.05, 0.1) is 23.5 Å². The van der Waals surface area contributed by atoms with Gasteiger partial charge in [0.1, 0.15) is 5.75 Å². The van der Waals surface area contributed by atoms with E-state index in [1.54, 1.807) is 0 Å². The van der Waals surface area contributed by atoms with Crippen molar-refractivity contribution in [2.24, 2.45) is 5.92 Å². The largest absolute Gasteiger partial charge is 0.498 e. The predicted octanol–water partition coefficient (Wildman–Crippen LogP) is 2.36. The van der Waals surface area contributed by atoms with Crippen molar-refractivity contribution >= 4 is 18.3 Å². The van der Waals surface area contributed by atoms with Gasteiger partial charge >= 0.3 is 7.12 Å². The van der Waals surface area contributed by atoms with Gasteiger partial charge < -0.3 is 19.8 Å². The van der Waals surface area contributed by atoms with E-state index >= 15 is 0 Å². The van der Waals surface area contributed by atoms with Crippen LogP contribution >= 0.6 is 0 Å². The molecule has 114 valence electrons. The van der Waals surface area contributed by atoms with Crippen LogP contribution in [0.5, 0.6) is 5.75 Å². The summed E-state index contributed by atoms with van der Waals surface area (Å²) in [5.41, 5.74) is 6.89. The summed E-state index contributed by atoms with van der Waals surface area (Å²) in [4.78, 5) is 0. The highest BCUT2D eigenvalue weighted by Gasteiger charge is 2.52. The minimum atomic E-state index is -0.437. The van der Waals surface area contributed by atoms with Crippen LogP contribution in [0, 0.1) is 5.92 Å². The minimum absolute atomic E-state index is 0.365. The Morgan fingerprint density at radius 2 is 1.81 bits per heavy atom. The Hall–Kier alpha value is -1.20. The second-order valence-electron chi connectivity index (χ2n) is 7.11. The fourth-order valence-electron chi connectivity index (χ4n) is 2.38. The van der Waals surface area contributed by atoms with Gasteiger partial charge in [0.25, 0.3) is 0 Å². The highest BCUT2D eigenvalue weighted by molar-refractivity contribution is 6.63. The third-order valence-corrected chi connectivity index (χ3v) is 4.74. The summed E-state index contributed by atoms with van der Waals surface area (Å²) in [6.45, 7) is 8.91. The van der Waals surface area contributed by atoms with Crippen molar-refractivity contribution in [3.8, 4) is 5.75 Å². The van der Waals surface area contributed by atoms with Gasteiger partial charge in [-0.3, -0.25) is 0 Å². The molecule has 2 aliphatic rings. The molecule has 2 N–H and O–H groups in total. The standard InChI is InChI=1S/C16H24BNO3/c1-15(2)16(3,4)21-17(20-15)12-6-5-7-13(18)14(12)19-10-11-8-9-11/h5-7,11H,8-10,18H2,1-4H3. The molecule has 5 heteroatoms. The lowest BCUT2D eigenvalue weighted by molar-refractivity contribution is 0.00578. The number of ether oxygens (including phenoxy) is 1. The summed E-state index contributed by atoms with van der Waals surface area (Å²) >= 11 is 0. The van der Waals surface area contributed by atoms with Crippen LogP contribution < -0.4 is 15.9 Å². The van der Waals surface area contributed by atoms with Crippen molar-refractivity contribution in [1.29, 1.82) is 0 Å². The quantitative estimate of drug-likeness (QED) is 0.683. The van der Waals surface area contributed by atoms with Gasteiger partial charge in [-0.2, -0.15) is 0 Å². The van der Waals surface area contributed by atoms with Crippen molar-refractivity contribution < 1.29 is 14.0 Å². The molecule has 0 amide bonds. The Bertz CT molecular complexity index is 524. The van der Waals surface area contributed by atoms with Crippen LogP contribution in [0.1, 0.15) is 40.5 Å². The minimum Gasteiger partial charge on any atom is -0.492 e. The summed E-state index contributed by atoms with van der Waals surface area (Å²) in [5.74, 6) is 1.39. The SMILES string of the molecule is CC1(C)OB(c2cccc(N)c2OCC2CC2)OC1(C)C. The predicted molar refractivity (Wildman–Crippen MR) is 84.8 cm³/mol. The molecule has 1 aromatic carbocycles. The second kappa shape index (κ2) is 4.92. The summed E-state index contributed by atoms with van der Waals surface area (Å²) in [6, 6.07) is 5.75. The van der Waals surface area contributed by atoms with Gasteiger partial charge in [0.2, 0.25) is 0 Å². The van der Waals surface area contributed by atoms with E-state index in [9.17, 15) is 0 Å². The van der Waals surface area contributed by atoms with Crippen LogP contribution in [0.15, 0.2) is 18.2 Å². The summed E-state index contributed by atoms with van der Waals surface area (Å²) in [6.07, 6.45) is 2.50. The van der Waals surface area contributed by atoms with Crippen LogP contribution in [-0.2, 0) is 9.31 Å². The highest BCUT2D eigenvalue weighted by Crippen LogP contribution is 2.38. The first-order valence-corrected chi connectivity index (χ1v) is 7.67. The maximum Gasteiger partial charge on any atom is 0.498 e. The van der Waals surface area contributed by atoms with Crippen LogP contribution in [0.25, 0.3) is 0 Å². The maximum absolute atomic E-state index is 6.11. The zero-order valence-electron chi connectivity index (χ0n) is 13.3. The molecule has 1 aliphatic carbocycles. The van der Waals surface area contributed by atoms with E-state index in [0.717, 1.165) is 12.1 Å². The molecule has 1 heterocycles. The molecule has 21 heavy (non-hydrogen) atoms. The average Bonchev–Trinajstić information content (AvgIpc) is 3.16. The Morgan fingerprint density at radius 1 is 1.19 bits per heavy atom. The molecule has 0 aromatic heterocycles. The average molecular weight is 289 g/mol. The molecule has 4 nitrogen and oxygen atoms in total. The van der Waals surface area contributed by atoms with E-state index in [1.165, 1.54) is 12.8 Å². The lowest BCUT2D eigenvalue weighted by atomic mass is 9.78. The normalized spacial score (nSPS) is 23.3. The van der Waals surface area contributed by atoms with Crippen LogP contribution in [0.4, 0.5) is 5.69 Å². The van der Waals surface area contributed by atoms with Gasteiger partial charge in [-0.1, -0.05) is 12.1 Å². The topological polar surface area (TPSA) is 53.7 Å². The van der Waals surface area contributed by atoms with Crippen molar-refractivity contribution in [2.45, 2.75) is 51.7 Å². The number of anilines is 1. The highest BCUT2D eigenvalue weighted by atomic mass is 16.7. The molecule has 1 aliphatic heterocycles. The van der Waals surface area contributed by atoms with Crippen LogP contribution in [0.3, 0.4) is 0 Å². The first kappa shape index (κ1) is 14.7. The van der Waals surface area contributed by atoms with E-state index in [2.05, 4.69) is 0 Å². The summed E-state index contributed by atoms with van der Waals surface area (Å²) in [5, 5.41) is 0. The van der Waals surface area contributed by atoms with E-state index in [1.807, 2.05) is 45.9 Å². The monoisotopic (exact) mass is 289 g/mol. The zero-order chi connectivity index (χ0) is 15.3. The van der Waals surface area contributed by atoms with Gasteiger partial charge in [0, 0.05) is 5.46 Å². The summed E-state index contributed by atoms with van der Waals surface area (Å²) < 4.78 is 18.2. The Kier molecular flexibility index (Phi) is 3.45. The number of benzene rings is 1. The van der Waals surface area contributed by atoms with Crippen molar-refractivity contribution in [1.82, 2.24) is 0 Å². The van der Waals surface area contributed by atoms with Crippen LogP contribution in [0.2, 0.25) is 0 Å². The van der Waals surface area contributed by atoms with Crippen molar-refractivity contribution in [3.05, 3.63) is 18.2 Å². The molecule has 1 aromatic rings. The van der Waals surface area contributed by atoms with Crippen molar-refractivity contribution in [3.63, 3.8) is 0 Å². The number of rotatable bonds is 4. The molecule has 1 saturated heterocycles. The summed E-state index contributed by atoms with van der Waals surface area (Å²) in [7, 11) is -0.437.